The first-order valence-electron chi connectivity index (χ1n) is 5.59. The smallest absolute Gasteiger partial charge is 0.284 e. The SMILES string of the molecule is O=S(=O)(O)C(Cc1cccc2ccccc12)S(=O)(=O)O. The summed E-state index contributed by atoms with van der Waals surface area (Å²) < 4.78 is 60.2. The van der Waals surface area contributed by atoms with Crippen molar-refractivity contribution in [2.45, 2.75) is 11.0 Å². The summed E-state index contributed by atoms with van der Waals surface area (Å²) >= 11 is 0. The summed E-state index contributed by atoms with van der Waals surface area (Å²) in [6.07, 6.45) is -0.529. The van der Waals surface area contributed by atoms with Crippen molar-refractivity contribution >= 4 is 31.0 Å². The monoisotopic (exact) mass is 316 g/mol. The summed E-state index contributed by atoms with van der Waals surface area (Å²) in [6, 6.07) is 12.0. The first kappa shape index (κ1) is 14.9. The lowest BCUT2D eigenvalue weighted by atomic mass is 10.0. The molecule has 0 heterocycles. The second kappa shape index (κ2) is 5.13. The van der Waals surface area contributed by atoms with E-state index in [0.29, 0.717) is 10.9 Å². The molecule has 2 rings (SSSR count). The van der Waals surface area contributed by atoms with E-state index in [1.165, 1.54) is 0 Å². The van der Waals surface area contributed by atoms with Gasteiger partial charge >= 0.3 is 0 Å². The minimum absolute atomic E-state index is 0.406. The highest BCUT2D eigenvalue weighted by atomic mass is 32.3. The highest BCUT2D eigenvalue weighted by Crippen LogP contribution is 2.22. The molecule has 0 fully saturated rings. The van der Waals surface area contributed by atoms with Crippen molar-refractivity contribution in [3.8, 4) is 0 Å². The van der Waals surface area contributed by atoms with Gasteiger partial charge in [-0.25, -0.2) is 0 Å². The van der Waals surface area contributed by atoms with Gasteiger partial charge in [-0.2, -0.15) is 16.8 Å². The van der Waals surface area contributed by atoms with E-state index in [2.05, 4.69) is 0 Å². The summed E-state index contributed by atoms with van der Waals surface area (Å²) in [7, 11) is -9.85. The van der Waals surface area contributed by atoms with Crippen LogP contribution in [0.15, 0.2) is 42.5 Å². The molecule has 8 heteroatoms. The highest BCUT2D eigenvalue weighted by molar-refractivity contribution is 8.03. The van der Waals surface area contributed by atoms with E-state index in [0.717, 1.165) is 5.39 Å². The molecule has 20 heavy (non-hydrogen) atoms. The number of fused-ring (bicyclic) bond motifs is 1. The van der Waals surface area contributed by atoms with E-state index >= 15 is 0 Å². The molecule has 0 aromatic heterocycles. The van der Waals surface area contributed by atoms with Crippen LogP contribution in [0.3, 0.4) is 0 Å². The van der Waals surface area contributed by atoms with Crippen LogP contribution in [0, 0.1) is 0 Å². The summed E-state index contributed by atoms with van der Waals surface area (Å²) in [6.45, 7) is 0. The molecule has 2 aromatic rings. The molecule has 0 aliphatic rings. The van der Waals surface area contributed by atoms with Crippen molar-refractivity contribution in [2.75, 3.05) is 0 Å². The van der Waals surface area contributed by atoms with Crippen LogP contribution >= 0.6 is 0 Å². The molecule has 0 aliphatic heterocycles. The summed E-state index contributed by atoms with van der Waals surface area (Å²) in [5.41, 5.74) is 0.406. The van der Waals surface area contributed by atoms with Crippen molar-refractivity contribution < 1.29 is 25.9 Å². The minimum atomic E-state index is -4.93. The van der Waals surface area contributed by atoms with Gasteiger partial charge in [-0.05, 0) is 16.3 Å². The van der Waals surface area contributed by atoms with Gasteiger partial charge in [0.05, 0.1) is 0 Å². The fraction of sp³-hybridized carbons (Fsp3) is 0.167. The molecule has 0 saturated heterocycles. The Morgan fingerprint density at radius 2 is 1.40 bits per heavy atom. The Balaban J connectivity index is 2.56. The van der Waals surface area contributed by atoms with Gasteiger partial charge in [0.2, 0.25) is 4.58 Å². The molecular weight excluding hydrogens is 304 g/mol. The highest BCUT2D eigenvalue weighted by Gasteiger charge is 2.35. The van der Waals surface area contributed by atoms with Gasteiger partial charge in [-0.3, -0.25) is 9.11 Å². The van der Waals surface area contributed by atoms with E-state index in [1.807, 2.05) is 0 Å². The number of hydrogen-bond donors (Lipinski definition) is 2. The van der Waals surface area contributed by atoms with Crippen LogP contribution < -0.4 is 0 Å². The second-order valence-electron chi connectivity index (χ2n) is 4.30. The van der Waals surface area contributed by atoms with E-state index in [-0.39, 0.29) is 0 Å². The fourth-order valence-electron chi connectivity index (χ4n) is 2.01. The van der Waals surface area contributed by atoms with Gasteiger partial charge in [0, 0.05) is 6.42 Å². The van der Waals surface area contributed by atoms with E-state index in [9.17, 15) is 16.8 Å². The zero-order valence-corrected chi connectivity index (χ0v) is 11.8. The summed E-state index contributed by atoms with van der Waals surface area (Å²) in [5, 5.41) is 1.46. The molecule has 6 nitrogen and oxygen atoms in total. The number of hydrogen-bond acceptors (Lipinski definition) is 4. The molecule has 0 saturated carbocycles. The predicted molar refractivity (Wildman–Crippen MR) is 74.5 cm³/mol. The van der Waals surface area contributed by atoms with Gasteiger partial charge in [0.25, 0.3) is 20.2 Å². The van der Waals surface area contributed by atoms with Crippen molar-refractivity contribution in [1.29, 1.82) is 0 Å². The second-order valence-corrected chi connectivity index (χ2v) is 7.80. The quantitative estimate of drug-likeness (QED) is 0.827. The number of benzene rings is 2. The van der Waals surface area contributed by atoms with Crippen molar-refractivity contribution in [1.82, 2.24) is 0 Å². The van der Waals surface area contributed by atoms with Crippen LogP contribution in [0.5, 0.6) is 0 Å². The van der Waals surface area contributed by atoms with Crippen molar-refractivity contribution in [3.63, 3.8) is 0 Å². The van der Waals surface area contributed by atoms with Crippen LogP contribution in [0.2, 0.25) is 0 Å². The van der Waals surface area contributed by atoms with Crippen molar-refractivity contribution in [3.05, 3.63) is 48.0 Å². The lowest BCUT2D eigenvalue weighted by Gasteiger charge is -2.12. The standard InChI is InChI=1S/C12H12O6S2/c13-19(14,15)12(20(16,17)18)8-10-6-3-5-9-4-1-2-7-11(9)10/h1-7,12H,8H2,(H,13,14,15)(H,16,17,18). The zero-order chi connectivity index (χ0) is 15.0. The third kappa shape index (κ3) is 3.15. The molecule has 0 atom stereocenters. The molecule has 108 valence electrons. The first-order chi connectivity index (χ1) is 9.19. The first-order valence-corrected chi connectivity index (χ1v) is 8.59. The normalized spacial score (nSPS) is 12.9. The van der Waals surface area contributed by atoms with Gasteiger partial charge in [0.1, 0.15) is 0 Å². The zero-order valence-electron chi connectivity index (χ0n) is 10.2. The average Bonchev–Trinajstić information content (AvgIpc) is 2.33. The third-order valence-electron chi connectivity index (χ3n) is 2.93. The van der Waals surface area contributed by atoms with Crippen LogP contribution in [-0.2, 0) is 26.7 Å². The lowest BCUT2D eigenvalue weighted by Crippen LogP contribution is -2.31. The van der Waals surface area contributed by atoms with Crippen molar-refractivity contribution in [2.24, 2.45) is 0 Å². The third-order valence-corrected chi connectivity index (χ3v) is 6.05. The number of rotatable bonds is 4. The van der Waals surface area contributed by atoms with Crippen LogP contribution in [0.4, 0.5) is 0 Å². The topological polar surface area (TPSA) is 109 Å². The molecular formula is C12H12O6S2. The molecule has 2 N–H and O–H groups in total. The van der Waals surface area contributed by atoms with E-state index in [4.69, 9.17) is 9.11 Å². The summed E-state index contributed by atoms with van der Waals surface area (Å²) in [4.78, 5) is 0. The largest absolute Gasteiger partial charge is 0.285 e. The molecule has 0 amide bonds. The maximum absolute atomic E-state index is 11.1. The molecule has 2 aromatic carbocycles. The Labute approximate surface area is 116 Å². The minimum Gasteiger partial charge on any atom is -0.284 e. The maximum Gasteiger partial charge on any atom is 0.285 e. The van der Waals surface area contributed by atoms with Gasteiger partial charge in [0.15, 0.2) is 0 Å². The molecule has 0 radical (unpaired) electrons. The Bertz CT molecular complexity index is 802. The molecule has 0 spiro atoms. The Morgan fingerprint density at radius 3 is 2.00 bits per heavy atom. The predicted octanol–water partition coefficient (Wildman–Crippen LogP) is 1.48. The van der Waals surface area contributed by atoms with Gasteiger partial charge < -0.3 is 0 Å². The average molecular weight is 316 g/mol. The molecule has 0 bridgehead atoms. The molecule has 0 aliphatic carbocycles. The van der Waals surface area contributed by atoms with E-state index in [1.54, 1.807) is 42.5 Å². The summed E-state index contributed by atoms with van der Waals surface area (Å²) in [5.74, 6) is 0. The Morgan fingerprint density at radius 1 is 0.850 bits per heavy atom. The van der Waals surface area contributed by atoms with Crippen LogP contribution in [-0.4, -0.2) is 30.5 Å². The maximum atomic E-state index is 11.1. The fourth-order valence-corrected chi connectivity index (χ4v) is 4.02. The van der Waals surface area contributed by atoms with Crippen LogP contribution in [0.1, 0.15) is 5.56 Å². The van der Waals surface area contributed by atoms with Crippen LogP contribution in [0.25, 0.3) is 10.8 Å². The van der Waals surface area contributed by atoms with Gasteiger partial charge in [-0.15, -0.1) is 0 Å². The van der Waals surface area contributed by atoms with E-state index < -0.39 is 31.2 Å². The Kier molecular flexibility index (Phi) is 3.83. The molecule has 0 unspecified atom stereocenters. The lowest BCUT2D eigenvalue weighted by molar-refractivity contribution is 0.454. The van der Waals surface area contributed by atoms with Gasteiger partial charge in [-0.1, -0.05) is 42.5 Å². The Hall–Kier alpha value is -1.48.